The summed E-state index contributed by atoms with van der Waals surface area (Å²) in [5.74, 6) is 0.279. The van der Waals surface area contributed by atoms with Gasteiger partial charge in [-0.3, -0.25) is 4.98 Å². The van der Waals surface area contributed by atoms with E-state index in [4.69, 9.17) is 11.6 Å². The number of fused-ring (bicyclic) bond motifs is 1. The van der Waals surface area contributed by atoms with Gasteiger partial charge in [-0.1, -0.05) is 31.4 Å². The van der Waals surface area contributed by atoms with E-state index in [-0.39, 0.29) is 5.75 Å². The second kappa shape index (κ2) is 5.37. The number of phenolic OH excluding ortho intramolecular Hbond substituents is 1. The Morgan fingerprint density at radius 2 is 2.18 bits per heavy atom. The van der Waals surface area contributed by atoms with E-state index in [0.29, 0.717) is 10.5 Å². The van der Waals surface area contributed by atoms with E-state index in [2.05, 4.69) is 11.9 Å². The van der Waals surface area contributed by atoms with Gasteiger partial charge < -0.3 is 5.11 Å². The van der Waals surface area contributed by atoms with Gasteiger partial charge in [-0.2, -0.15) is 0 Å². The van der Waals surface area contributed by atoms with E-state index in [0.717, 1.165) is 30.2 Å². The molecule has 0 saturated heterocycles. The van der Waals surface area contributed by atoms with Crippen LogP contribution in [-0.4, -0.2) is 10.1 Å². The van der Waals surface area contributed by atoms with Gasteiger partial charge in [-0.05, 0) is 36.6 Å². The van der Waals surface area contributed by atoms with Gasteiger partial charge in [0.1, 0.15) is 11.3 Å². The molecule has 90 valence electrons. The highest BCUT2D eigenvalue weighted by molar-refractivity contribution is 6.35. The van der Waals surface area contributed by atoms with E-state index >= 15 is 0 Å². The molecular weight excluding hydrogens is 234 g/mol. The molecule has 1 aromatic carbocycles. The maximum absolute atomic E-state index is 10.2. The zero-order valence-corrected chi connectivity index (χ0v) is 10.7. The number of aromatic nitrogens is 1. The molecule has 0 atom stereocenters. The average molecular weight is 250 g/mol. The topological polar surface area (TPSA) is 33.1 Å². The molecule has 0 unspecified atom stereocenters. The first-order valence-electron chi connectivity index (χ1n) is 5.99. The van der Waals surface area contributed by atoms with Crippen LogP contribution in [0, 0.1) is 0 Å². The Hall–Kier alpha value is -1.28. The average Bonchev–Trinajstić information content (AvgIpc) is 2.36. The van der Waals surface area contributed by atoms with Gasteiger partial charge >= 0.3 is 0 Å². The lowest BCUT2D eigenvalue weighted by Gasteiger charge is -2.08. The molecule has 0 aliphatic heterocycles. The summed E-state index contributed by atoms with van der Waals surface area (Å²) in [7, 11) is 0. The van der Waals surface area contributed by atoms with Gasteiger partial charge in [0.05, 0.1) is 5.02 Å². The normalized spacial score (nSPS) is 10.9. The van der Waals surface area contributed by atoms with E-state index < -0.39 is 0 Å². The van der Waals surface area contributed by atoms with Crippen LogP contribution in [0.5, 0.6) is 5.75 Å². The maximum Gasteiger partial charge on any atom is 0.145 e. The second-order valence-electron chi connectivity index (χ2n) is 4.22. The molecule has 0 spiro atoms. The van der Waals surface area contributed by atoms with E-state index in [9.17, 15) is 5.11 Å². The minimum atomic E-state index is 0.279. The second-order valence-corrected chi connectivity index (χ2v) is 4.63. The van der Waals surface area contributed by atoms with Gasteiger partial charge in [0.2, 0.25) is 0 Å². The Bertz CT molecular complexity index is 525. The van der Waals surface area contributed by atoms with Crippen molar-refractivity contribution in [3.8, 4) is 5.75 Å². The Morgan fingerprint density at radius 3 is 2.94 bits per heavy atom. The number of hydrogen-bond acceptors (Lipinski definition) is 2. The molecule has 17 heavy (non-hydrogen) atoms. The summed E-state index contributed by atoms with van der Waals surface area (Å²) in [5.41, 5.74) is 1.50. The van der Waals surface area contributed by atoms with Crippen LogP contribution >= 0.6 is 11.6 Å². The number of benzene rings is 1. The fraction of sp³-hybridized carbons (Fsp3) is 0.357. The summed E-state index contributed by atoms with van der Waals surface area (Å²) < 4.78 is 0. The molecule has 0 amide bonds. The molecule has 0 aliphatic carbocycles. The predicted octanol–water partition coefficient (Wildman–Crippen LogP) is 4.33. The standard InChI is InChI=1S/C14H16ClNO/c1-2-3-4-6-10-9-12(15)11-7-5-8-16-13(11)14(10)17/h5,7-9,17H,2-4,6H2,1H3. The molecule has 2 rings (SSSR count). The first kappa shape index (κ1) is 12.2. The molecule has 3 heteroatoms. The fourth-order valence-corrected chi connectivity index (χ4v) is 2.28. The lowest BCUT2D eigenvalue weighted by Crippen LogP contribution is -1.90. The highest BCUT2D eigenvalue weighted by Crippen LogP contribution is 2.33. The van der Waals surface area contributed by atoms with Crippen molar-refractivity contribution in [2.75, 3.05) is 0 Å². The summed E-state index contributed by atoms with van der Waals surface area (Å²) in [6, 6.07) is 5.56. The molecule has 0 saturated carbocycles. The molecule has 1 aromatic heterocycles. The van der Waals surface area contributed by atoms with Crippen molar-refractivity contribution in [2.45, 2.75) is 32.6 Å². The lowest BCUT2D eigenvalue weighted by atomic mass is 10.0. The Kier molecular flexibility index (Phi) is 3.85. The van der Waals surface area contributed by atoms with Crippen molar-refractivity contribution in [2.24, 2.45) is 0 Å². The predicted molar refractivity (Wildman–Crippen MR) is 71.6 cm³/mol. The first-order valence-corrected chi connectivity index (χ1v) is 6.37. The van der Waals surface area contributed by atoms with E-state index in [1.54, 1.807) is 6.20 Å². The third-order valence-electron chi connectivity index (χ3n) is 2.94. The number of aromatic hydroxyl groups is 1. The van der Waals surface area contributed by atoms with Crippen molar-refractivity contribution in [3.05, 3.63) is 35.0 Å². The van der Waals surface area contributed by atoms with Crippen LogP contribution in [-0.2, 0) is 6.42 Å². The fourth-order valence-electron chi connectivity index (χ4n) is 1.99. The van der Waals surface area contributed by atoms with Crippen LogP contribution in [0.3, 0.4) is 0 Å². The number of halogens is 1. The first-order chi connectivity index (χ1) is 8.24. The smallest absolute Gasteiger partial charge is 0.145 e. The van der Waals surface area contributed by atoms with Crippen molar-refractivity contribution < 1.29 is 5.11 Å². The summed E-state index contributed by atoms with van der Waals surface area (Å²) in [6.07, 6.45) is 5.93. The van der Waals surface area contributed by atoms with Crippen molar-refractivity contribution in [3.63, 3.8) is 0 Å². The quantitative estimate of drug-likeness (QED) is 0.819. The van der Waals surface area contributed by atoms with Gasteiger partial charge in [0.15, 0.2) is 0 Å². The van der Waals surface area contributed by atoms with Gasteiger partial charge in [-0.15, -0.1) is 0 Å². The van der Waals surface area contributed by atoms with Gasteiger partial charge in [0, 0.05) is 11.6 Å². The molecule has 1 heterocycles. The Morgan fingerprint density at radius 1 is 1.35 bits per heavy atom. The number of unbranched alkanes of at least 4 members (excludes halogenated alkanes) is 2. The number of aryl methyl sites for hydroxylation is 1. The lowest BCUT2D eigenvalue weighted by molar-refractivity contribution is 0.471. The van der Waals surface area contributed by atoms with Crippen LogP contribution in [0.4, 0.5) is 0 Å². The van der Waals surface area contributed by atoms with Crippen molar-refractivity contribution in [1.82, 2.24) is 4.98 Å². The summed E-state index contributed by atoms with van der Waals surface area (Å²) in [4.78, 5) is 4.20. The Balaban J connectivity index is 2.40. The van der Waals surface area contributed by atoms with Crippen LogP contribution in [0.1, 0.15) is 31.7 Å². The SMILES string of the molecule is CCCCCc1cc(Cl)c2cccnc2c1O. The molecule has 2 aromatic rings. The number of hydrogen-bond donors (Lipinski definition) is 1. The van der Waals surface area contributed by atoms with Gasteiger partial charge in [-0.25, -0.2) is 0 Å². The van der Waals surface area contributed by atoms with Gasteiger partial charge in [0.25, 0.3) is 0 Å². The third kappa shape index (κ3) is 2.52. The summed E-state index contributed by atoms with van der Waals surface area (Å²) in [6.45, 7) is 2.16. The molecule has 0 bridgehead atoms. The molecule has 0 fully saturated rings. The van der Waals surface area contributed by atoms with Crippen molar-refractivity contribution >= 4 is 22.5 Å². The largest absolute Gasteiger partial charge is 0.505 e. The molecule has 0 radical (unpaired) electrons. The third-order valence-corrected chi connectivity index (χ3v) is 3.26. The molecule has 1 N–H and O–H groups in total. The van der Waals surface area contributed by atoms with E-state index in [1.807, 2.05) is 18.2 Å². The number of phenols is 1. The van der Waals surface area contributed by atoms with Crippen molar-refractivity contribution in [1.29, 1.82) is 0 Å². The highest BCUT2D eigenvalue weighted by atomic mass is 35.5. The summed E-state index contributed by atoms with van der Waals surface area (Å²) in [5, 5.41) is 11.6. The molecule has 0 aliphatic rings. The minimum absolute atomic E-state index is 0.279. The zero-order chi connectivity index (χ0) is 12.3. The number of rotatable bonds is 4. The van der Waals surface area contributed by atoms with Crippen LogP contribution < -0.4 is 0 Å². The minimum Gasteiger partial charge on any atom is -0.505 e. The zero-order valence-electron chi connectivity index (χ0n) is 9.91. The van der Waals surface area contributed by atoms with Crippen LogP contribution in [0.2, 0.25) is 5.02 Å². The van der Waals surface area contributed by atoms with E-state index in [1.165, 1.54) is 6.42 Å². The number of pyridine rings is 1. The Labute approximate surface area is 106 Å². The highest BCUT2D eigenvalue weighted by Gasteiger charge is 2.10. The summed E-state index contributed by atoms with van der Waals surface area (Å²) >= 11 is 6.20. The molecular formula is C14H16ClNO. The van der Waals surface area contributed by atoms with Crippen LogP contribution in [0.15, 0.2) is 24.4 Å². The molecule has 2 nitrogen and oxygen atoms in total. The monoisotopic (exact) mass is 249 g/mol. The maximum atomic E-state index is 10.2. The van der Waals surface area contributed by atoms with Crippen LogP contribution in [0.25, 0.3) is 10.9 Å². The number of nitrogens with zero attached hydrogens (tertiary/aromatic N) is 1.